The molecule has 3 rings (SSSR count). The molecule has 6 heteroatoms. The van der Waals surface area contributed by atoms with Crippen LogP contribution in [0.2, 0.25) is 5.02 Å². The van der Waals surface area contributed by atoms with Crippen LogP contribution in [0.15, 0.2) is 51.7 Å². The van der Waals surface area contributed by atoms with Crippen LogP contribution in [0, 0.1) is 6.92 Å². The zero-order chi connectivity index (χ0) is 19.6. The molecular weight excluding hydrogens is 368 g/mol. The van der Waals surface area contributed by atoms with Crippen molar-refractivity contribution in [2.24, 2.45) is 0 Å². The third-order valence-corrected chi connectivity index (χ3v) is 4.27. The van der Waals surface area contributed by atoms with Crippen LogP contribution in [0.25, 0.3) is 22.3 Å². The summed E-state index contributed by atoms with van der Waals surface area (Å²) in [5.74, 6) is -0.349. The maximum absolute atomic E-state index is 13.1. The molecule has 0 aliphatic heterocycles. The fraction of sp³-hybridized carbons (Fsp3) is 0.238. The number of carbonyl (C=O) groups excluding carboxylic acids is 1. The Kier molecular flexibility index (Phi) is 5.51. The molecule has 0 amide bonds. The van der Waals surface area contributed by atoms with Gasteiger partial charge in [0.25, 0.3) is 0 Å². The third kappa shape index (κ3) is 3.98. The van der Waals surface area contributed by atoms with Crippen molar-refractivity contribution in [1.82, 2.24) is 0 Å². The van der Waals surface area contributed by atoms with E-state index in [-0.39, 0.29) is 23.5 Å². The number of aryl methyl sites for hydroxylation is 1. The number of ether oxygens (including phenoxy) is 2. The van der Waals surface area contributed by atoms with Gasteiger partial charge in [0.2, 0.25) is 11.2 Å². The molecule has 1 atom stereocenters. The van der Waals surface area contributed by atoms with E-state index in [1.165, 1.54) is 13.0 Å². The van der Waals surface area contributed by atoms with E-state index < -0.39 is 17.5 Å². The molecule has 3 aromatic rings. The molecule has 140 valence electrons. The van der Waals surface area contributed by atoms with Gasteiger partial charge in [-0.3, -0.25) is 4.79 Å². The Morgan fingerprint density at radius 2 is 1.89 bits per heavy atom. The van der Waals surface area contributed by atoms with Crippen molar-refractivity contribution in [2.45, 2.75) is 26.9 Å². The van der Waals surface area contributed by atoms with E-state index >= 15 is 0 Å². The van der Waals surface area contributed by atoms with Gasteiger partial charge in [0.15, 0.2) is 11.9 Å². The summed E-state index contributed by atoms with van der Waals surface area (Å²) < 4.78 is 16.6. The lowest BCUT2D eigenvalue weighted by Crippen LogP contribution is -2.28. The van der Waals surface area contributed by atoms with E-state index in [2.05, 4.69) is 0 Å². The van der Waals surface area contributed by atoms with Crippen LogP contribution in [-0.2, 0) is 9.53 Å². The molecule has 0 saturated heterocycles. The second-order valence-corrected chi connectivity index (χ2v) is 6.54. The SMILES string of the molecule is CCOC(=O)[C@@H](C)Oc1c(-c2ccc(C)cc2)oc2ccc(Cl)cc2c1=O. The largest absolute Gasteiger partial charge is 0.471 e. The minimum atomic E-state index is -0.964. The van der Waals surface area contributed by atoms with Gasteiger partial charge in [0, 0.05) is 10.6 Å². The number of fused-ring (bicyclic) bond motifs is 1. The maximum Gasteiger partial charge on any atom is 0.347 e. The first-order valence-corrected chi connectivity index (χ1v) is 8.95. The van der Waals surface area contributed by atoms with Crippen LogP contribution in [-0.4, -0.2) is 18.7 Å². The minimum absolute atomic E-state index is 0.0471. The molecule has 0 aliphatic carbocycles. The highest BCUT2D eigenvalue weighted by Crippen LogP contribution is 2.32. The highest BCUT2D eigenvalue weighted by molar-refractivity contribution is 6.31. The Labute approximate surface area is 161 Å². The van der Waals surface area contributed by atoms with E-state index in [0.717, 1.165) is 5.56 Å². The number of hydrogen-bond acceptors (Lipinski definition) is 5. The Bertz CT molecular complexity index is 1040. The van der Waals surface area contributed by atoms with Gasteiger partial charge in [-0.05, 0) is 39.0 Å². The van der Waals surface area contributed by atoms with Crippen molar-refractivity contribution < 1.29 is 18.7 Å². The van der Waals surface area contributed by atoms with E-state index in [0.29, 0.717) is 16.2 Å². The predicted octanol–water partition coefficient (Wildman–Crippen LogP) is 4.75. The van der Waals surface area contributed by atoms with Crippen LogP contribution >= 0.6 is 11.6 Å². The molecule has 5 nitrogen and oxygen atoms in total. The van der Waals surface area contributed by atoms with Gasteiger partial charge in [-0.1, -0.05) is 41.4 Å². The Morgan fingerprint density at radius 1 is 1.19 bits per heavy atom. The second kappa shape index (κ2) is 7.84. The molecule has 0 bridgehead atoms. The lowest BCUT2D eigenvalue weighted by molar-refractivity contribution is -0.150. The molecule has 0 fully saturated rings. The topological polar surface area (TPSA) is 65.7 Å². The molecule has 0 saturated carbocycles. The van der Waals surface area contributed by atoms with Crippen LogP contribution < -0.4 is 10.2 Å². The lowest BCUT2D eigenvalue weighted by atomic mass is 10.1. The Morgan fingerprint density at radius 3 is 2.56 bits per heavy atom. The lowest BCUT2D eigenvalue weighted by Gasteiger charge is -2.16. The average Bonchev–Trinajstić information content (AvgIpc) is 2.65. The quantitative estimate of drug-likeness (QED) is 0.592. The third-order valence-electron chi connectivity index (χ3n) is 4.04. The van der Waals surface area contributed by atoms with E-state index in [4.69, 9.17) is 25.5 Å². The van der Waals surface area contributed by atoms with Crippen molar-refractivity contribution in [3.63, 3.8) is 0 Å². The monoisotopic (exact) mass is 386 g/mol. The fourth-order valence-electron chi connectivity index (χ4n) is 2.64. The van der Waals surface area contributed by atoms with Crippen LogP contribution in [0.1, 0.15) is 19.4 Å². The van der Waals surface area contributed by atoms with Gasteiger partial charge in [0.05, 0.1) is 12.0 Å². The molecule has 1 heterocycles. The van der Waals surface area contributed by atoms with Gasteiger partial charge in [0.1, 0.15) is 5.58 Å². The predicted molar refractivity (Wildman–Crippen MR) is 104 cm³/mol. The van der Waals surface area contributed by atoms with Crippen LogP contribution in [0.3, 0.4) is 0 Å². The Balaban J connectivity index is 2.19. The molecule has 0 aliphatic rings. The first-order valence-electron chi connectivity index (χ1n) is 8.57. The summed E-state index contributed by atoms with van der Waals surface area (Å²) in [5, 5.41) is 0.687. The highest BCUT2D eigenvalue weighted by atomic mass is 35.5. The normalized spacial score (nSPS) is 12.0. The zero-order valence-electron chi connectivity index (χ0n) is 15.2. The first kappa shape index (κ1) is 19.0. The summed E-state index contributed by atoms with van der Waals surface area (Å²) in [6.45, 7) is 5.41. The van der Waals surface area contributed by atoms with E-state index in [1.807, 2.05) is 31.2 Å². The van der Waals surface area contributed by atoms with E-state index in [1.54, 1.807) is 19.1 Å². The molecule has 0 N–H and O–H groups in total. The standard InChI is InChI=1S/C21H19ClO5/c1-4-25-21(24)13(3)26-20-18(23)16-11-15(22)9-10-17(16)27-19(20)14-7-5-12(2)6-8-14/h5-11,13H,4H2,1-3H3/t13-/m1/s1. The van der Waals surface area contributed by atoms with Gasteiger partial charge in [-0.2, -0.15) is 0 Å². The summed E-state index contributed by atoms with van der Waals surface area (Å²) in [4.78, 5) is 25.0. The smallest absolute Gasteiger partial charge is 0.347 e. The maximum atomic E-state index is 13.1. The molecule has 0 unspecified atom stereocenters. The molecule has 2 aromatic carbocycles. The number of carbonyl (C=O) groups is 1. The fourth-order valence-corrected chi connectivity index (χ4v) is 2.81. The molecule has 0 spiro atoms. The van der Waals surface area contributed by atoms with Crippen molar-refractivity contribution in [3.05, 3.63) is 63.3 Å². The van der Waals surface area contributed by atoms with Gasteiger partial charge in [-0.15, -0.1) is 0 Å². The van der Waals surface area contributed by atoms with Crippen molar-refractivity contribution in [1.29, 1.82) is 0 Å². The first-order chi connectivity index (χ1) is 12.9. The van der Waals surface area contributed by atoms with Crippen molar-refractivity contribution >= 4 is 28.5 Å². The summed E-state index contributed by atoms with van der Waals surface area (Å²) in [6, 6.07) is 12.3. The summed E-state index contributed by atoms with van der Waals surface area (Å²) in [7, 11) is 0. The summed E-state index contributed by atoms with van der Waals surface area (Å²) in [5.41, 5.74) is 1.72. The average molecular weight is 387 g/mol. The minimum Gasteiger partial charge on any atom is -0.471 e. The van der Waals surface area contributed by atoms with Crippen LogP contribution in [0.5, 0.6) is 5.75 Å². The number of hydrogen-bond donors (Lipinski definition) is 0. The molecule has 27 heavy (non-hydrogen) atoms. The van der Waals surface area contributed by atoms with Gasteiger partial charge < -0.3 is 13.9 Å². The number of esters is 1. The number of halogens is 1. The van der Waals surface area contributed by atoms with E-state index in [9.17, 15) is 9.59 Å². The highest BCUT2D eigenvalue weighted by Gasteiger charge is 2.23. The second-order valence-electron chi connectivity index (χ2n) is 6.11. The molecule has 1 aromatic heterocycles. The molecule has 0 radical (unpaired) electrons. The summed E-state index contributed by atoms with van der Waals surface area (Å²) >= 11 is 6.02. The van der Waals surface area contributed by atoms with Gasteiger partial charge in [-0.25, -0.2) is 4.79 Å². The number of rotatable bonds is 5. The summed E-state index contributed by atoms with van der Waals surface area (Å²) in [6.07, 6.45) is -0.964. The zero-order valence-corrected chi connectivity index (χ0v) is 16.0. The molecular formula is C21H19ClO5. The van der Waals surface area contributed by atoms with Crippen molar-refractivity contribution in [2.75, 3.05) is 6.61 Å². The van der Waals surface area contributed by atoms with Crippen LogP contribution in [0.4, 0.5) is 0 Å². The van der Waals surface area contributed by atoms with Crippen molar-refractivity contribution in [3.8, 4) is 17.1 Å². The van der Waals surface area contributed by atoms with Gasteiger partial charge >= 0.3 is 5.97 Å². The number of benzene rings is 2. The Hall–Kier alpha value is -2.79.